The highest BCUT2D eigenvalue weighted by molar-refractivity contribution is 5.20. The first-order chi connectivity index (χ1) is 9.02. The van der Waals surface area contributed by atoms with Crippen LogP contribution in [0.5, 0.6) is 5.88 Å². The zero-order chi connectivity index (χ0) is 13.5. The molecule has 1 saturated heterocycles. The molecule has 104 valence electrons. The maximum atomic E-state index is 12.4. The van der Waals surface area contributed by atoms with Crippen molar-refractivity contribution in [3.05, 3.63) is 23.9 Å². The molecule has 1 aromatic rings. The van der Waals surface area contributed by atoms with Crippen molar-refractivity contribution in [3.8, 4) is 5.88 Å². The third kappa shape index (κ3) is 3.00. The molecule has 1 aromatic heterocycles. The number of hydrogen-bond donors (Lipinski definition) is 1. The first-order valence-electron chi connectivity index (χ1n) is 6.42. The molecule has 0 radical (unpaired) electrons. The van der Waals surface area contributed by atoms with Gasteiger partial charge in [0, 0.05) is 18.3 Å². The molecular weight excluding hydrogens is 257 g/mol. The molecule has 6 heteroatoms. The molecule has 1 aliphatic heterocycles. The molecule has 3 atom stereocenters. The van der Waals surface area contributed by atoms with Crippen LogP contribution in [-0.2, 0) is 6.18 Å². The van der Waals surface area contributed by atoms with Gasteiger partial charge in [-0.1, -0.05) is 0 Å². The predicted octanol–water partition coefficient (Wildman–Crippen LogP) is 2.48. The Bertz CT molecular complexity index is 446. The zero-order valence-electron chi connectivity index (χ0n) is 10.3. The first kappa shape index (κ1) is 12.7. The maximum absolute atomic E-state index is 12.4. The highest BCUT2D eigenvalue weighted by atomic mass is 19.4. The Balaban J connectivity index is 1.52. The van der Waals surface area contributed by atoms with Crippen molar-refractivity contribution in [3.63, 3.8) is 0 Å². The lowest BCUT2D eigenvalue weighted by molar-refractivity contribution is -0.137. The van der Waals surface area contributed by atoms with E-state index < -0.39 is 11.7 Å². The van der Waals surface area contributed by atoms with Crippen molar-refractivity contribution in [1.29, 1.82) is 0 Å². The van der Waals surface area contributed by atoms with Gasteiger partial charge in [0.2, 0.25) is 5.88 Å². The number of rotatable bonds is 3. The normalized spacial score (nSPS) is 29.7. The minimum atomic E-state index is -4.35. The predicted molar refractivity (Wildman–Crippen MR) is 62.7 cm³/mol. The summed E-state index contributed by atoms with van der Waals surface area (Å²) in [5.74, 6) is 1.89. The van der Waals surface area contributed by atoms with Gasteiger partial charge in [-0.15, -0.1) is 0 Å². The van der Waals surface area contributed by atoms with Crippen molar-refractivity contribution in [2.24, 2.45) is 11.8 Å². The molecule has 1 saturated carbocycles. The van der Waals surface area contributed by atoms with Gasteiger partial charge in [0.25, 0.3) is 0 Å². The second kappa shape index (κ2) is 4.67. The minimum Gasteiger partial charge on any atom is -0.476 e. The van der Waals surface area contributed by atoms with E-state index in [4.69, 9.17) is 4.74 Å². The van der Waals surface area contributed by atoms with Crippen LogP contribution in [0.2, 0.25) is 0 Å². The Hall–Kier alpha value is -1.30. The van der Waals surface area contributed by atoms with Gasteiger partial charge in [0.15, 0.2) is 0 Å². The fourth-order valence-corrected chi connectivity index (χ4v) is 2.56. The molecule has 2 heterocycles. The summed E-state index contributed by atoms with van der Waals surface area (Å²) in [6.45, 7) is 1.49. The van der Waals surface area contributed by atoms with E-state index in [-0.39, 0.29) is 11.9 Å². The summed E-state index contributed by atoms with van der Waals surface area (Å²) in [7, 11) is 0. The Kier molecular flexibility index (Phi) is 3.12. The molecule has 0 aromatic carbocycles. The first-order valence-corrected chi connectivity index (χ1v) is 6.42. The molecule has 0 amide bonds. The minimum absolute atomic E-state index is 0.243. The Labute approximate surface area is 109 Å². The second-order valence-corrected chi connectivity index (χ2v) is 5.29. The number of piperidine rings is 1. The van der Waals surface area contributed by atoms with E-state index in [1.165, 1.54) is 12.5 Å². The Morgan fingerprint density at radius 3 is 2.74 bits per heavy atom. The second-order valence-electron chi connectivity index (χ2n) is 5.29. The smallest absolute Gasteiger partial charge is 0.417 e. The van der Waals surface area contributed by atoms with Gasteiger partial charge < -0.3 is 10.1 Å². The molecule has 1 N–H and O–H groups in total. The van der Waals surface area contributed by atoms with Crippen LogP contribution in [0.15, 0.2) is 18.3 Å². The highest BCUT2D eigenvalue weighted by Crippen LogP contribution is 2.44. The molecule has 3 nitrogen and oxygen atoms in total. The summed E-state index contributed by atoms with van der Waals surface area (Å²) < 4.78 is 42.5. The topological polar surface area (TPSA) is 34.1 Å². The van der Waals surface area contributed by atoms with Crippen molar-refractivity contribution in [2.45, 2.75) is 25.1 Å². The molecule has 3 rings (SSSR count). The van der Waals surface area contributed by atoms with Gasteiger partial charge in [-0.3, -0.25) is 0 Å². The van der Waals surface area contributed by atoms with E-state index in [1.54, 1.807) is 0 Å². The lowest BCUT2D eigenvalue weighted by atomic mass is 10.1. The van der Waals surface area contributed by atoms with Gasteiger partial charge >= 0.3 is 6.18 Å². The van der Waals surface area contributed by atoms with E-state index in [1.807, 2.05) is 0 Å². The summed E-state index contributed by atoms with van der Waals surface area (Å²) >= 11 is 0. The highest BCUT2D eigenvalue weighted by Gasteiger charge is 2.42. The van der Waals surface area contributed by atoms with Crippen LogP contribution in [-0.4, -0.2) is 24.2 Å². The molecule has 2 unspecified atom stereocenters. The maximum Gasteiger partial charge on any atom is 0.417 e. The van der Waals surface area contributed by atoms with Gasteiger partial charge in [-0.05, 0) is 37.3 Å². The number of ether oxygens (including phenoxy) is 1. The number of pyridine rings is 1. The summed E-state index contributed by atoms with van der Waals surface area (Å²) in [5.41, 5.74) is -0.753. The van der Waals surface area contributed by atoms with Gasteiger partial charge in [0.05, 0.1) is 5.56 Å². The standard InChI is InChI=1S/C13H15F3N2O/c14-13(15,16)10-1-2-12(18-6-10)19-7-11-4-8-3-9(8)5-17-11/h1-2,6,8-9,11,17H,3-5,7H2/t8?,9-,11?/m0/s1. The van der Waals surface area contributed by atoms with Crippen molar-refractivity contribution in [1.82, 2.24) is 10.3 Å². The number of fused-ring (bicyclic) bond motifs is 1. The molecular formula is C13H15F3N2O. The van der Waals surface area contributed by atoms with Gasteiger partial charge in [-0.2, -0.15) is 13.2 Å². The Morgan fingerprint density at radius 2 is 2.11 bits per heavy atom. The number of aromatic nitrogens is 1. The van der Waals surface area contributed by atoms with Crippen LogP contribution >= 0.6 is 0 Å². The summed E-state index contributed by atoms with van der Waals surface area (Å²) in [4.78, 5) is 3.69. The Morgan fingerprint density at radius 1 is 1.26 bits per heavy atom. The number of alkyl halides is 3. The van der Waals surface area contributed by atoms with E-state index in [9.17, 15) is 13.2 Å². The lowest BCUT2D eigenvalue weighted by Gasteiger charge is -2.22. The molecule has 19 heavy (non-hydrogen) atoms. The third-order valence-corrected chi connectivity index (χ3v) is 3.82. The van der Waals surface area contributed by atoms with Crippen LogP contribution in [0.1, 0.15) is 18.4 Å². The quantitative estimate of drug-likeness (QED) is 0.918. The van der Waals surface area contributed by atoms with Crippen LogP contribution < -0.4 is 10.1 Å². The number of hydrogen-bond acceptors (Lipinski definition) is 3. The zero-order valence-corrected chi connectivity index (χ0v) is 10.3. The molecule has 0 spiro atoms. The average molecular weight is 272 g/mol. The van der Waals surface area contributed by atoms with E-state index in [2.05, 4.69) is 10.3 Å². The number of nitrogens with one attached hydrogen (secondary N) is 1. The van der Waals surface area contributed by atoms with E-state index in [0.29, 0.717) is 6.61 Å². The summed E-state index contributed by atoms with van der Waals surface area (Å²) in [6.07, 6.45) is -1.16. The fourth-order valence-electron chi connectivity index (χ4n) is 2.56. The monoisotopic (exact) mass is 272 g/mol. The fraction of sp³-hybridized carbons (Fsp3) is 0.615. The summed E-state index contributed by atoms with van der Waals surface area (Å²) in [5, 5.41) is 3.38. The van der Waals surface area contributed by atoms with Crippen LogP contribution in [0.25, 0.3) is 0 Å². The van der Waals surface area contributed by atoms with Gasteiger partial charge in [-0.25, -0.2) is 4.98 Å². The van der Waals surface area contributed by atoms with Crippen molar-refractivity contribution >= 4 is 0 Å². The van der Waals surface area contributed by atoms with Crippen LogP contribution in [0.3, 0.4) is 0 Å². The SMILES string of the molecule is FC(F)(F)c1ccc(OCC2CC3C[C@H]3CN2)nc1. The molecule has 1 aliphatic carbocycles. The third-order valence-electron chi connectivity index (χ3n) is 3.82. The number of nitrogens with zero attached hydrogens (tertiary/aromatic N) is 1. The average Bonchev–Trinajstić information content (AvgIpc) is 3.14. The van der Waals surface area contributed by atoms with Crippen molar-refractivity contribution in [2.75, 3.05) is 13.2 Å². The van der Waals surface area contributed by atoms with Crippen LogP contribution in [0.4, 0.5) is 13.2 Å². The van der Waals surface area contributed by atoms with Gasteiger partial charge in [0.1, 0.15) is 6.61 Å². The number of halogens is 3. The van der Waals surface area contributed by atoms with Crippen molar-refractivity contribution < 1.29 is 17.9 Å². The largest absolute Gasteiger partial charge is 0.476 e. The van der Waals surface area contributed by atoms with E-state index >= 15 is 0 Å². The lowest BCUT2D eigenvalue weighted by Crippen LogP contribution is -2.39. The van der Waals surface area contributed by atoms with Crippen LogP contribution in [0, 0.1) is 11.8 Å². The molecule has 0 bridgehead atoms. The molecule has 2 aliphatic rings. The van der Waals surface area contributed by atoms with E-state index in [0.717, 1.165) is 37.1 Å². The summed E-state index contributed by atoms with van der Waals surface area (Å²) in [6, 6.07) is 2.55. The molecule has 2 fully saturated rings.